The second-order valence-corrected chi connectivity index (χ2v) is 7.18. The molecule has 0 saturated carbocycles. The summed E-state index contributed by atoms with van der Waals surface area (Å²) < 4.78 is 49.6. The molecule has 3 aromatic rings. The Morgan fingerprint density at radius 1 is 1.10 bits per heavy atom. The van der Waals surface area contributed by atoms with Crippen LogP contribution in [0, 0.1) is 0 Å². The minimum absolute atomic E-state index is 0.0403. The highest BCUT2D eigenvalue weighted by atomic mass is 19.4. The van der Waals surface area contributed by atoms with Crippen LogP contribution in [-0.4, -0.2) is 17.6 Å². The molecule has 0 spiro atoms. The van der Waals surface area contributed by atoms with Crippen molar-refractivity contribution >= 4 is 11.8 Å². The lowest BCUT2D eigenvalue weighted by Gasteiger charge is -2.07. The van der Waals surface area contributed by atoms with Gasteiger partial charge in [-0.3, -0.25) is 4.79 Å². The predicted octanol–water partition coefficient (Wildman–Crippen LogP) is 5.90. The smallest absolute Gasteiger partial charge is 0.416 e. The summed E-state index contributed by atoms with van der Waals surface area (Å²) in [5.74, 6) is -0.234. The number of rotatable bonds is 9. The fourth-order valence-electron chi connectivity index (χ4n) is 3.18. The van der Waals surface area contributed by atoms with Gasteiger partial charge >= 0.3 is 6.18 Å². The third-order valence-corrected chi connectivity index (χ3v) is 4.83. The molecule has 3 rings (SSSR count). The minimum atomic E-state index is -4.46. The van der Waals surface area contributed by atoms with Crippen molar-refractivity contribution in [1.82, 2.24) is 10.5 Å². The number of alkyl halides is 3. The van der Waals surface area contributed by atoms with E-state index >= 15 is 0 Å². The molecule has 1 amide bonds. The van der Waals surface area contributed by atoms with Crippen LogP contribution in [0.5, 0.6) is 0 Å². The van der Waals surface area contributed by atoms with E-state index in [0.29, 0.717) is 6.54 Å². The predicted molar refractivity (Wildman–Crippen MR) is 110 cm³/mol. The Morgan fingerprint density at radius 3 is 2.58 bits per heavy atom. The van der Waals surface area contributed by atoms with Crippen LogP contribution >= 0.6 is 0 Å². The Labute approximate surface area is 177 Å². The number of carbonyl (C=O) groups is 1. The highest BCUT2D eigenvalue weighted by Crippen LogP contribution is 2.35. The molecule has 166 valence electrons. The third-order valence-electron chi connectivity index (χ3n) is 4.83. The van der Waals surface area contributed by atoms with E-state index in [1.165, 1.54) is 24.3 Å². The van der Waals surface area contributed by atoms with Crippen molar-refractivity contribution in [3.05, 3.63) is 47.5 Å². The number of unbranched alkanes of at least 4 members (excludes halogenated alkanes) is 4. The minimum Gasteiger partial charge on any atom is -0.454 e. The number of aromatic nitrogens is 1. The number of carbonyl (C=O) groups excluding carboxylic acids is 1. The summed E-state index contributed by atoms with van der Waals surface area (Å²) in [6, 6.07) is 7.79. The maximum absolute atomic E-state index is 13.0. The fourth-order valence-corrected chi connectivity index (χ4v) is 3.18. The summed E-state index contributed by atoms with van der Waals surface area (Å²) >= 11 is 0. The number of hydrogen-bond acceptors (Lipinski definition) is 5. The number of halogens is 3. The highest BCUT2D eigenvalue weighted by molar-refractivity contribution is 6.03. The topological polar surface area (TPSA) is 94.3 Å². The van der Waals surface area contributed by atoms with E-state index in [1.54, 1.807) is 0 Å². The first-order valence-electron chi connectivity index (χ1n) is 10.1. The molecule has 2 heterocycles. The Balaban J connectivity index is 1.75. The van der Waals surface area contributed by atoms with Gasteiger partial charge in [-0.1, -0.05) is 49.9 Å². The van der Waals surface area contributed by atoms with Crippen molar-refractivity contribution in [3.63, 3.8) is 0 Å². The third kappa shape index (κ3) is 5.48. The van der Waals surface area contributed by atoms with Crippen LogP contribution in [0.1, 0.15) is 54.9 Å². The molecule has 3 N–H and O–H groups in total. The molecule has 0 unspecified atom stereocenters. The summed E-state index contributed by atoms with van der Waals surface area (Å²) in [6.07, 6.45) is 0.791. The largest absolute Gasteiger partial charge is 0.454 e. The maximum Gasteiger partial charge on any atom is 0.416 e. The molecule has 0 radical (unpaired) electrons. The summed E-state index contributed by atoms with van der Waals surface area (Å²) in [6.45, 7) is 2.62. The van der Waals surface area contributed by atoms with Gasteiger partial charge in [-0.25, -0.2) is 0 Å². The van der Waals surface area contributed by atoms with Crippen molar-refractivity contribution in [2.45, 2.75) is 45.2 Å². The van der Waals surface area contributed by atoms with Crippen LogP contribution < -0.4 is 11.1 Å². The number of nitrogens with two attached hydrogens (primary N) is 1. The molecule has 0 fully saturated rings. The molecular weight excluding hydrogens is 411 g/mol. The van der Waals surface area contributed by atoms with Gasteiger partial charge in [-0.05, 0) is 30.7 Å². The van der Waals surface area contributed by atoms with E-state index in [2.05, 4.69) is 17.4 Å². The average molecular weight is 435 g/mol. The van der Waals surface area contributed by atoms with Crippen LogP contribution in [0.2, 0.25) is 0 Å². The van der Waals surface area contributed by atoms with Gasteiger partial charge in [0.15, 0.2) is 11.5 Å². The lowest BCUT2D eigenvalue weighted by molar-refractivity contribution is -0.137. The van der Waals surface area contributed by atoms with Crippen molar-refractivity contribution < 1.29 is 26.9 Å². The van der Waals surface area contributed by atoms with E-state index in [4.69, 9.17) is 14.7 Å². The van der Waals surface area contributed by atoms with Crippen LogP contribution in [0.3, 0.4) is 0 Å². The number of hydrogen-bond donors (Lipinski definition) is 2. The number of amides is 1. The molecule has 0 aliphatic carbocycles. The maximum atomic E-state index is 13.0. The zero-order chi connectivity index (χ0) is 22.4. The quantitative estimate of drug-likeness (QED) is 0.408. The molecule has 1 aromatic carbocycles. The first-order valence-corrected chi connectivity index (χ1v) is 10.1. The Bertz CT molecular complexity index is 1020. The molecule has 31 heavy (non-hydrogen) atoms. The fraction of sp³-hybridized carbons (Fsp3) is 0.364. The number of anilines is 1. The molecule has 0 bridgehead atoms. The summed E-state index contributed by atoms with van der Waals surface area (Å²) in [5.41, 5.74) is 5.38. The summed E-state index contributed by atoms with van der Waals surface area (Å²) in [4.78, 5) is 12.6. The van der Waals surface area contributed by atoms with Gasteiger partial charge in [0.25, 0.3) is 5.91 Å². The van der Waals surface area contributed by atoms with Crippen LogP contribution in [0.25, 0.3) is 22.8 Å². The van der Waals surface area contributed by atoms with Gasteiger partial charge in [0.2, 0.25) is 5.88 Å². The van der Waals surface area contributed by atoms with E-state index < -0.39 is 17.6 Å². The van der Waals surface area contributed by atoms with Gasteiger partial charge in [0.05, 0.1) is 5.56 Å². The van der Waals surface area contributed by atoms with Gasteiger partial charge in [-0.2, -0.15) is 13.2 Å². The van der Waals surface area contributed by atoms with E-state index in [0.717, 1.165) is 44.2 Å². The van der Waals surface area contributed by atoms with Crippen molar-refractivity contribution in [2.75, 3.05) is 12.3 Å². The van der Waals surface area contributed by atoms with E-state index in [1.807, 2.05) is 0 Å². The SMILES string of the molecule is CCCCCCCNC(=O)c1c(-c2ccc(-c3cccc(C(F)(F)F)c3)o2)noc1N. The Morgan fingerprint density at radius 2 is 1.84 bits per heavy atom. The van der Waals surface area contributed by atoms with Crippen LogP contribution in [0.15, 0.2) is 45.3 Å². The highest BCUT2D eigenvalue weighted by Gasteiger charge is 2.31. The number of nitrogens with zero attached hydrogens (tertiary/aromatic N) is 1. The number of nitrogens with one attached hydrogen (secondary N) is 1. The Kier molecular flexibility index (Phi) is 7.04. The second-order valence-electron chi connectivity index (χ2n) is 7.18. The molecule has 6 nitrogen and oxygen atoms in total. The normalized spacial score (nSPS) is 11.6. The molecule has 2 aromatic heterocycles. The average Bonchev–Trinajstić information content (AvgIpc) is 3.36. The first kappa shape index (κ1) is 22.5. The molecule has 0 aliphatic rings. The number of benzene rings is 1. The van der Waals surface area contributed by atoms with Gasteiger partial charge in [0.1, 0.15) is 11.3 Å². The van der Waals surface area contributed by atoms with Crippen molar-refractivity contribution in [2.24, 2.45) is 0 Å². The van der Waals surface area contributed by atoms with Crippen molar-refractivity contribution in [3.8, 4) is 22.8 Å². The van der Waals surface area contributed by atoms with Crippen LogP contribution in [0.4, 0.5) is 19.1 Å². The van der Waals surface area contributed by atoms with Gasteiger partial charge < -0.3 is 20.0 Å². The molecule has 0 atom stereocenters. The van der Waals surface area contributed by atoms with Gasteiger partial charge in [0, 0.05) is 12.1 Å². The van der Waals surface area contributed by atoms with Gasteiger partial charge in [-0.15, -0.1) is 0 Å². The standard InChI is InChI=1S/C22H24F3N3O3/c1-2-3-4-5-6-12-27-21(29)18-19(28-31-20(18)26)17-11-10-16(30-17)14-8-7-9-15(13-14)22(23,24)25/h7-11,13H,2-6,12,26H2,1H3,(H,27,29). The molecule has 0 aliphatic heterocycles. The zero-order valence-corrected chi connectivity index (χ0v) is 17.1. The second kappa shape index (κ2) is 9.72. The molecular formula is C22H24F3N3O3. The molecule has 9 heteroatoms. The van der Waals surface area contributed by atoms with E-state index in [-0.39, 0.29) is 34.2 Å². The first-order chi connectivity index (χ1) is 14.8. The molecule has 0 saturated heterocycles. The zero-order valence-electron chi connectivity index (χ0n) is 17.1. The van der Waals surface area contributed by atoms with E-state index in [9.17, 15) is 18.0 Å². The summed E-state index contributed by atoms with van der Waals surface area (Å²) in [7, 11) is 0. The number of nitrogen functional groups attached to an aromatic ring is 1. The lowest BCUT2D eigenvalue weighted by atomic mass is 10.1. The van der Waals surface area contributed by atoms with Crippen LogP contribution in [-0.2, 0) is 6.18 Å². The van der Waals surface area contributed by atoms with Crippen molar-refractivity contribution in [1.29, 1.82) is 0 Å². The monoisotopic (exact) mass is 435 g/mol. The lowest BCUT2D eigenvalue weighted by Crippen LogP contribution is -2.25. The Hall–Kier alpha value is -3.23. The number of furan rings is 1. The summed E-state index contributed by atoms with van der Waals surface area (Å²) in [5, 5.41) is 6.59.